The summed E-state index contributed by atoms with van der Waals surface area (Å²) in [5, 5.41) is 0. The lowest BCUT2D eigenvalue weighted by Gasteiger charge is -1.99. The molecule has 0 aliphatic carbocycles. The maximum Gasteiger partial charge on any atom is 0.758 e. The zero-order valence-corrected chi connectivity index (χ0v) is 12.1. The molecule has 0 spiro atoms. The first-order valence-electron chi connectivity index (χ1n) is 3.10. The highest BCUT2D eigenvalue weighted by molar-refractivity contribution is 6.53. The second-order valence-corrected chi connectivity index (χ2v) is 7.52. The van der Waals surface area contributed by atoms with Gasteiger partial charge in [0.2, 0.25) is 0 Å². The summed E-state index contributed by atoms with van der Waals surface area (Å²) in [6.45, 7) is 0. The van der Waals surface area contributed by atoms with Crippen LogP contribution >= 0.6 is 0 Å². The number of rotatable bonds is 8. The zero-order chi connectivity index (χ0) is 12.7. The van der Waals surface area contributed by atoms with Gasteiger partial charge in [-0.15, -0.1) is 0 Å². The van der Waals surface area contributed by atoms with Gasteiger partial charge in [0.1, 0.15) is 0 Å². The van der Waals surface area contributed by atoms with E-state index in [-0.39, 0.29) is 0 Å². The third kappa shape index (κ3) is 8.21. The van der Waals surface area contributed by atoms with Crippen LogP contribution in [0.15, 0.2) is 0 Å². The monoisotopic (exact) mass is 318 g/mol. The molecular weight excluding hydrogens is 316 g/mol. The predicted octanol–water partition coefficient (Wildman–Crippen LogP) is -3.89. The highest BCUT2D eigenvalue weighted by Gasteiger charge is 2.31. The van der Waals surface area contributed by atoms with Crippen molar-refractivity contribution in [3.63, 3.8) is 0 Å². The summed E-state index contributed by atoms with van der Waals surface area (Å²) in [7, 11) is -17.7. The van der Waals surface area contributed by atoms with Crippen molar-refractivity contribution in [3.05, 3.63) is 0 Å². The summed E-state index contributed by atoms with van der Waals surface area (Å²) in [6, 6.07) is 0. The predicted molar refractivity (Wildman–Crippen MR) is 41.0 cm³/mol. The Balaban J connectivity index is 3.99. The zero-order valence-electron chi connectivity index (χ0n) is 7.07. The standard InChI is InChI=1S/H2O11Si5/c1-12(2)8-14(5)10-16(7)11-15(6)9-13(3)4/h1,3H. The molecule has 0 radical (unpaired) electrons. The normalized spacial score (nSPS) is 8.50. The van der Waals surface area contributed by atoms with E-state index in [1.165, 1.54) is 0 Å². The van der Waals surface area contributed by atoms with Crippen LogP contribution < -0.4 is 0 Å². The van der Waals surface area contributed by atoms with Crippen molar-refractivity contribution < 1.29 is 48.4 Å². The van der Waals surface area contributed by atoms with Crippen molar-refractivity contribution in [1.82, 2.24) is 0 Å². The largest absolute Gasteiger partial charge is 0.758 e. The van der Waals surface area contributed by atoms with Crippen LogP contribution in [0, 0.1) is 0 Å². The Labute approximate surface area is 94.7 Å². The lowest BCUT2D eigenvalue weighted by Crippen LogP contribution is -2.29. The third-order valence-corrected chi connectivity index (χ3v) is 6.07. The van der Waals surface area contributed by atoms with Crippen LogP contribution in [0.5, 0.6) is 0 Å². The first-order valence-corrected chi connectivity index (χ1v) is 9.30. The second kappa shape index (κ2) is 7.21. The topological polar surface area (TPSA) is 163 Å². The summed E-state index contributed by atoms with van der Waals surface area (Å²) >= 11 is 0. The Kier molecular flexibility index (Phi) is 6.70. The first kappa shape index (κ1) is 14.9. The van der Waals surface area contributed by atoms with Crippen LogP contribution in [-0.4, -0.2) is 55.4 Å². The highest BCUT2D eigenvalue weighted by Crippen LogP contribution is 1.84. The Bertz CT molecular complexity index is 308. The van der Waals surface area contributed by atoms with Gasteiger partial charge in [0.15, 0.2) is 0 Å². The molecule has 0 saturated heterocycles. The van der Waals surface area contributed by atoms with Crippen molar-refractivity contribution >= 4 is 45.9 Å². The van der Waals surface area contributed by atoms with Crippen molar-refractivity contribution in [2.45, 2.75) is 0 Å². The van der Waals surface area contributed by atoms with Gasteiger partial charge in [-0.2, -0.15) is 0 Å². The maximum absolute atomic E-state index is 10.7. The molecule has 0 atom stereocenters. The van der Waals surface area contributed by atoms with Gasteiger partial charge in [0.25, 0.3) is 0 Å². The van der Waals surface area contributed by atoms with E-state index in [0.717, 1.165) is 0 Å². The van der Waals surface area contributed by atoms with Crippen LogP contribution in [0.1, 0.15) is 0 Å². The van der Waals surface area contributed by atoms with E-state index in [1.54, 1.807) is 0 Å². The molecule has 0 heterocycles. The van der Waals surface area contributed by atoms with Gasteiger partial charge in [-0.3, -0.25) is 22.3 Å². The summed E-state index contributed by atoms with van der Waals surface area (Å²) in [4.78, 5) is 16.2. The minimum atomic E-state index is -3.58. The van der Waals surface area contributed by atoms with Gasteiger partial charge in [-0.25, -0.2) is 0 Å². The molecule has 0 fully saturated rings. The Hall–Kier alpha value is -1.12. The van der Waals surface area contributed by atoms with E-state index in [2.05, 4.69) is 16.5 Å². The quantitative estimate of drug-likeness (QED) is 0.420. The summed E-state index contributed by atoms with van der Waals surface area (Å²) in [5.74, 6) is 0. The fourth-order valence-electron chi connectivity index (χ4n) is 0.341. The van der Waals surface area contributed by atoms with Crippen LogP contribution in [-0.2, 0) is 38.8 Å². The average molecular weight is 318 g/mol. The lowest BCUT2D eigenvalue weighted by molar-refractivity contribution is 0.231. The van der Waals surface area contributed by atoms with Crippen molar-refractivity contribution in [2.24, 2.45) is 0 Å². The molecule has 0 aromatic heterocycles. The first-order chi connectivity index (χ1) is 7.31. The summed E-state index contributed by atoms with van der Waals surface area (Å²) in [5.41, 5.74) is 0. The molecular formula is H2O11Si5. The maximum atomic E-state index is 10.7. The Morgan fingerprint density at radius 2 is 0.812 bits per heavy atom. The van der Waals surface area contributed by atoms with E-state index in [1.807, 2.05) is 0 Å². The van der Waals surface area contributed by atoms with Gasteiger partial charge >= 0.3 is 45.9 Å². The second-order valence-electron chi connectivity index (χ2n) is 1.69. The van der Waals surface area contributed by atoms with E-state index in [9.17, 15) is 22.3 Å². The molecule has 0 bridgehead atoms. The average Bonchev–Trinajstić information content (AvgIpc) is 1.97. The van der Waals surface area contributed by atoms with Gasteiger partial charge in [0.05, 0.1) is 0 Å². The Morgan fingerprint density at radius 3 is 1.06 bits per heavy atom. The molecule has 16 heteroatoms. The highest BCUT2D eigenvalue weighted by atomic mass is 28.4. The number of hydrogen-bond donors (Lipinski definition) is 2. The molecule has 0 aliphatic heterocycles. The minimum Gasteiger partial charge on any atom is -0.512 e. The molecule has 0 aromatic rings. The van der Waals surface area contributed by atoms with Gasteiger partial charge < -0.3 is 26.1 Å². The number of hydrogen-bond acceptors (Lipinski definition) is 9. The molecule has 0 aliphatic rings. The van der Waals surface area contributed by atoms with Gasteiger partial charge in [-0.1, -0.05) is 0 Å². The lowest BCUT2D eigenvalue weighted by atomic mass is 15.7. The van der Waals surface area contributed by atoms with Crippen LogP contribution in [0.3, 0.4) is 0 Å². The smallest absolute Gasteiger partial charge is 0.512 e. The van der Waals surface area contributed by atoms with Crippen molar-refractivity contribution in [3.8, 4) is 0 Å². The minimum absolute atomic E-state index is 3.53. The van der Waals surface area contributed by atoms with Crippen molar-refractivity contribution in [1.29, 1.82) is 0 Å². The Morgan fingerprint density at radius 1 is 0.562 bits per heavy atom. The van der Waals surface area contributed by atoms with Gasteiger partial charge in [-0.05, 0) is 0 Å². The molecule has 16 heavy (non-hydrogen) atoms. The van der Waals surface area contributed by atoms with Gasteiger partial charge in [0, 0.05) is 0 Å². The van der Waals surface area contributed by atoms with Crippen molar-refractivity contribution in [2.75, 3.05) is 0 Å². The SMILES string of the molecule is O=[Si](O)O[Si](=O)O[Si](=O)O[Si](=O)O[Si](=O)O. The summed E-state index contributed by atoms with van der Waals surface area (Å²) < 4.78 is 67.1. The third-order valence-electron chi connectivity index (χ3n) is 0.675. The fraction of sp³-hybridized carbons (Fsp3) is 0. The van der Waals surface area contributed by atoms with E-state index in [0.29, 0.717) is 0 Å². The van der Waals surface area contributed by atoms with E-state index < -0.39 is 45.9 Å². The van der Waals surface area contributed by atoms with E-state index in [4.69, 9.17) is 9.59 Å². The molecule has 0 amide bonds. The molecule has 0 aromatic carbocycles. The molecule has 11 nitrogen and oxygen atoms in total. The summed E-state index contributed by atoms with van der Waals surface area (Å²) in [6.07, 6.45) is 0. The molecule has 0 unspecified atom stereocenters. The van der Waals surface area contributed by atoms with Crippen LogP contribution in [0.25, 0.3) is 0 Å². The van der Waals surface area contributed by atoms with Crippen LogP contribution in [0.4, 0.5) is 0 Å². The molecule has 88 valence electrons. The van der Waals surface area contributed by atoms with E-state index >= 15 is 0 Å². The molecule has 2 N–H and O–H groups in total. The molecule has 0 saturated carbocycles. The molecule has 0 rings (SSSR count). The van der Waals surface area contributed by atoms with Crippen LogP contribution in [0.2, 0.25) is 0 Å². The fourth-order valence-corrected chi connectivity index (χ4v) is 4.20.